The van der Waals surface area contributed by atoms with Crippen LogP contribution in [0.2, 0.25) is 5.15 Å². The first-order valence-corrected chi connectivity index (χ1v) is 10.9. The molecule has 1 heterocycles. The van der Waals surface area contributed by atoms with Crippen molar-refractivity contribution in [3.63, 3.8) is 0 Å². The van der Waals surface area contributed by atoms with E-state index in [0.29, 0.717) is 33.9 Å². The van der Waals surface area contributed by atoms with Crippen LogP contribution >= 0.6 is 11.6 Å². The van der Waals surface area contributed by atoms with Gasteiger partial charge in [-0.2, -0.15) is 0 Å². The van der Waals surface area contributed by atoms with Crippen LogP contribution in [0, 0.1) is 0 Å². The van der Waals surface area contributed by atoms with Gasteiger partial charge in [-0.15, -0.1) is 0 Å². The van der Waals surface area contributed by atoms with Crippen molar-refractivity contribution in [2.75, 3.05) is 21.3 Å². The predicted molar refractivity (Wildman–Crippen MR) is 132 cm³/mol. The van der Waals surface area contributed by atoms with Crippen LogP contribution in [0.1, 0.15) is 32.1 Å². The lowest BCUT2D eigenvalue weighted by molar-refractivity contribution is 0.0996. The highest BCUT2D eigenvalue weighted by atomic mass is 35.5. The second-order valence-electron chi connectivity index (χ2n) is 7.40. The molecule has 8 heteroatoms. The van der Waals surface area contributed by atoms with E-state index < -0.39 is 11.6 Å². The van der Waals surface area contributed by atoms with Crippen LogP contribution in [-0.4, -0.2) is 42.9 Å². The molecule has 0 aliphatic carbocycles. The van der Waals surface area contributed by atoms with E-state index in [2.05, 4.69) is 9.97 Å². The minimum atomic E-state index is -0.486. The van der Waals surface area contributed by atoms with E-state index in [0.717, 1.165) is 0 Å². The molecule has 0 amide bonds. The number of rotatable bonds is 8. The number of carbonyl (C=O) groups is 2. The van der Waals surface area contributed by atoms with E-state index in [1.807, 2.05) is 0 Å². The van der Waals surface area contributed by atoms with Crippen LogP contribution in [0.4, 0.5) is 0 Å². The summed E-state index contributed by atoms with van der Waals surface area (Å²) in [6.07, 6.45) is 0. The molecule has 0 bridgehead atoms. The molecule has 0 saturated carbocycles. The Kier molecular flexibility index (Phi) is 7.08. The fourth-order valence-electron chi connectivity index (χ4n) is 3.42. The quantitative estimate of drug-likeness (QED) is 0.311. The number of hydrogen-bond acceptors (Lipinski definition) is 7. The topological polar surface area (TPSA) is 87.6 Å². The molecule has 0 aliphatic rings. The average molecular weight is 489 g/mol. The van der Waals surface area contributed by atoms with Crippen LogP contribution in [0.15, 0.2) is 72.8 Å². The van der Waals surface area contributed by atoms with Crippen LogP contribution in [-0.2, 0) is 0 Å². The van der Waals surface area contributed by atoms with E-state index in [1.54, 1.807) is 79.9 Å². The zero-order valence-electron chi connectivity index (χ0n) is 19.2. The molecule has 0 radical (unpaired) electrons. The lowest BCUT2D eigenvalue weighted by Gasteiger charge is -2.12. The van der Waals surface area contributed by atoms with Crippen LogP contribution < -0.4 is 14.2 Å². The number of halogens is 1. The van der Waals surface area contributed by atoms with E-state index in [-0.39, 0.29) is 22.2 Å². The highest BCUT2D eigenvalue weighted by Gasteiger charge is 2.26. The normalized spacial score (nSPS) is 10.5. The fourth-order valence-corrected chi connectivity index (χ4v) is 3.66. The number of hydrogen-bond donors (Lipinski definition) is 0. The average Bonchev–Trinajstić information content (AvgIpc) is 2.92. The molecule has 35 heavy (non-hydrogen) atoms. The third kappa shape index (κ3) is 5.00. The number of benzene rings is 3. The second kappa shape index (κ2) is 10.4. The number of carbonyl (C=O) groups excluding carboxylic acids is 2. The van der Waals surface area contributed by atoms with E-state index in [9.17, 15) is 9.59 Å². The maximum Gasteiger partial charge on any atom is 0.213 e. The van der Waals surface area contributed by atoms with Gasteiger partial charge in [-0.3, -0.25) is 9.59 Å². The molecule has 0 aliphatic heterocycles. The van der Waals surface area contributed by atoms with Gasteiger partial charge in [-0.05, 0) is 72.8 Å². The number of ether oxygens (including phenoxy) is 3. The van der Waals surface area contributed by atoms with Crippen molar-refractivity contribution in [3.8, 4) is 28.5 Å². The van der Waals surface area contributed by atoms with E-state index >= 15 is 0 Å². The van der Waals surface area contributed by atoms with Crippen molar-refractivity contribution in [2.45, 2.75) is 0 Å². The van der Waals surface area contributed by atoms with Crippen molar-refractivity contribution in [3.05, 3.63) is 100 Å². The minimum absolute atomic E-state index is 0.00157. The first-order valence-electron chi connectivity index (χ1n) is 10.5. The molecule has 4 rings (SSSR count). The summed E-state index contributed by atoms with van der Waals surface area (Å²) in [6.45, 7) is 0. The number of aromatic nitrogens is 2. The Morgan fingerprint density at radius 1 is 0.600 bits per heavy atom. The summed E-state index contributed by atoms with van der Waals surface area (Å²) in [6, 6.07) is 20.0. The zero-order chi connectivity index (χ0) is 24.9. The van der Waals surface area contributed by atoms with Crippen molar-refractivity contribution in [2.24, 2.45) is 0 Å². The predicted octanol–water partition coefficient (Wildman–Crippen LogP) is 5.28. The maximum absolute atomic E-state index is 13.5. The Morgan fingerprint density at radius 3 is 1.37 bits per heavy atom. The Morgan fingerprint density at radius 2 is 0.971 bits per heavy atom. The first-order chi connectivity index (χ1) is 16.9. The van der Waals surface area contributed by atoms with Crippen molar-refractivity contribution in [1.29, 1.82) is 0 Å². The molecule has 1 aromatic heterocycles. The van der Waals surface area contributed by atoms with Gasteiger partial charge < -0.3 is 14.2 Å². The van der Waals surface area contributed by atoms with Gasteiger partial charge in [0.1, 0.15) is 34.3 Å². The highest BCUT2D eigenvalue weighted by Crippen LogP contribution is 2.29. The van der Waals surface area contributed by atoms with Crippen molar-refractivity contribution in [1.82, 2.24) is 9.97 Å². The largest absolute Gasteiger partial charge is 0.497 e. The van der Waals surface area contributed by atoms with Crippen LogP contribution in [0.3, 0.4) is 0 Å². The van der Waals surface area contributed by atoms with Gasteiger partial charge >= 0.3 is 0 Å². The van der Waals surface area contributed by atoms with Crippen LogP contribution in [0.5, 0.6) is 17.2 Å². The van der Waals surface area contributed by atoms with Gasteiger partial charge in [0.15, 0.2) is 5.15 Å². The second-order valence-corrected chi connectivity index (χ2v) is 7.76. The summed E-state index contributed by atoms with van der Waals surface area (Å²) in [5.74, 6) is 0.884. The van der Waals surface area contributed by atoms with Crippen molar-refractivity contribution < 1.29 is 23.8 Å². The zero-order valence-corrected chi connectivity index (χ0v) is 20.0. The molecule has 0 atom stereocenters. The molecule has 176 valence electrons. The maximum atomic E-state index is 13.5. The number of nitrogens with zero attached hydrogens (tertiary/aromatic N) is 2. The van der Waals surface area contributed by atoms with Gasteiger partial charge in [-0.1, -0.05) is 11.6 Å². The lowest BCUT2D eigenvalue weighted by Crippen LogP contribution is -2.16. The molecular weight excluding hydrogens is 468 g/mol. The summed E-state index contributed by atoms with van der Waals surface area (Å²) >= 11 is 6.47. The smallest absolute Gasteiger partial charge is 0.213 e. The van der Waals surface area contributed by atoms with Gasteiger partial charge in [-0.25, -0.2) is 9.97 Å². The summed E-state index contributed by atoms with van der Waals surface area (Å²) in [4.78, 5) is 35.8. The lowest BCUT2D eigenvalue weighted by atomic mass is 10.0. The molecule has 0 fully saturated rings. The van der Waals surface area contributed by atoms with Crippen molar-refractivity contribution >= 4 is 23.2 Å². The Hall–Kier alpha value is -4.23. The molecule has 4 aromatic rings. The number of methoxy groups -OCH3 is 3. The summed E-state index contributed by atoms with van der Waals surface area (Å²) < 4.78 is 15.5. The molecular formula is C27H21ClN2O5. The monoisotopic (exact) mass is 488 g/mol. The first kappa shape index (κ1) is 23.9. The van der Waals surface area contributed by atoms with Gasteiger partial charge in [0, 0.05) is 16.7 Å². The fraction of sp³-hybridized carbons (Fsp3) is 0.111. The summed E-state index contributed by atoms with van der Waals surface area (Å²) in [5, 5.41) is -0.00157. The molecule has 0 spiro atoms. The Bertz CT molecular complexity index is 1370. The minimum Gasteiger partial charge on any atom is -0.497 e. The third-order valence-electron chi connectivity index (χ3n) is 5.35. The van der Waals surface area contributed by atoms with Crippen LogP contribution in [0.25, 0.3) is 11.3 Å². The summed E-state index contributed by atoms with van der Waals surface area (Å²) in [7, 11) is 4.63. The Balaban J connectivity index is 1.85. The SMILES string of the molecule is COc1ccc(C(=O)c2nc(Cl)c(-c3ccc(OC)cc3)nc2C(=O)c2ccc(OC)cc2)cc1. The number of ketones is 2. The van der Waals surface area contributed by atoms with Gasteiger partial charge in [0.2, 0.25) is 11.6 Å². The molecule has 0 saturated heterocycles. The molecule has 3 aromatic carbocycles. The van der Waals surface area contributed by atoms with Gasteiger partial charge in [0.05, 0.1) is 21.3 Å². The molecule has 7 nitrogen and oxygen atoms in total. The Labute approximate surface area is 207 Å². The molecule has 0 unspecified atom stereocenters. The standard InChI is InChI=1S/C27H21ClN2O5/c1-33-19-10-4-16(5-11-19)22-27(28)30-24(26(32)18-8-14-21(35-3)15-9-18)23(29-22)25(31)17-6-12-20(34-2)13-7-17/h4-15H,1-3H3. The van der Waals surface area contributed by atoms with E-state index in [1.165, 1.54) is 14.2 Å². The third-order valence-corrected chi connectivity index (χ3v) is 5.61. The molecule has 0 N–H and O–H groups in total. The summed E-state index contributed by atoms with van der Waals surface area (Å²) in [5.41, 5.74) is 1.29. The highest BCUT2D eigenvalue weighted by molar-refractivity contribution is 6.32. The van der Waals surface area contributed by atoms with E-state index in [4.69, 9.17) is 25.8 Å². The van der Waals surface area contributed by atoms with Gasteiger partial charge in [0.25, 0.3) is 0 Å².